The Kier molecular flexibility index (Phi) is 7.96. The van der Waals surface area contributed by atoms with Crippen LogP contribution in [0.4, 0.5) is 0 Å². The second kappa shape index (κ2) is 9.30. The van der Waals surface area contributed by atoms with Gasteiger partial charge in [-0.25, -0.2) is 0 Å². The molecule has 0 aromatic heterocycles. The van der Waals surface area contributed by atoms with Crippen LogP contribution in [0.2, 0.25) is 0 Å². The Morgan fingerprint density at radius 3 is 2.72 bits per heavy atom. The van der Waals surface area contributed by atoms with Gasteiger partial charge in [0.25, 0.3) is 0 Å². The highest BCUT2D eigenvalue weighted by molar-refractivity contribution is 5.78. The maximum atomic E-state index is 12.1. The molecule has 0 aromatic carbocycles. The normalized spacial score (nSPS) is 16.8. The van der Waals surface area contributed by atoms with Crippen LogP contribution in [-0.4, -0.2) is 61.9 Å². The molecule has 1 saturated carbocycles. The van der Waals surface area contributed by atoms with E-state index in [4.69, 9.17) is 9.84 Å². The van der Waals surface area contributed by atoms with E-state index in [1.807, 2.05) is 4.90 Å². The molecule has 0 radical (unpaired) electrons. The summed E-state index contributed by atoms with van der Waals surface area (Å²) in [6.45, 7) is 2.12. The number of hydrogen-bond acceptors (Lipinski definition) is 4. The first-order chi connectivity index (χ1) is 8.79. The van der Waals surface area contributed by atoms with E-state index in [9.17, 15) is 4.79 Å². The zero-order valence-corrected chi connectivity index (χ0v) is 11.4. The van der Waals surface area contributed by atoms with Crippen LogP contribution >= 0.6 is 0 Å². The van der Waals surface area contributed by atoms with Gasteiger partial charge in [0.2, 0.25) is 5.91 Å². The first-order valence-electron chi connectivity index (χ1n) is 6.89. The summed E-state index contributed by atoms with van der Waals surface area (Å²) < 4.78 is 4.92. The lowest BCUT2D eigenvalue weighted by molar-refractivity contribution is -0.133. The molecule has 0 unspecified atom stereocenters. The standard InChI is InChI=1S/C13H26N2O3/c1-18-10-7-14-11-13(17)15(8-9-16)12-5-3-2-4-6-12/h12,14,16H,2-11H2,1H3. The largest absolute Gasteiger partial charge is 0.395 e. The van der Waals surface area contributed by atoms with Crippen molar-refractivity contribution in [1.82, 2.24) is 10.2 Å². The van der Waals surface area contributed by atoms with Crippen LogP contribution in [0.5, 0.6) is 0 Å². The monoisotopic (exact) mass is 258 g/mol. The van der Waals surface area contributed by atoms with Crippen molar-refractivity contribution in [1.29, 1.82) is 0 Å². The van der Waals surface area contributed by atoms with E-state index < -0.39 is 0 Å². The van der Waals surface area contributed by atoms with Crippen LogP contribution in [0.1, 0.15) is 32.1 Å². The molecule has 18 heavy (non-hydrogen) atoms. The van der Waals surface area contributed by atoms with Crippen molar-refractivity contribution < 1.29 is 14.6 Å². The van der Waals surface area contributed by atoms with Crippen LogP contribution in [0, 0.1) is 0 Å². The molecular weight excluding hydrogens is 232 g/mol. The molecule has 1 aliphatic rings. The third kappa shape index (κ3) is 5.33. The van der Waals surface area contributed by atoms with E-state index in [0.29, 0.717) is 32.3 Å². The number of carbonyl (C=O) groups excluding carboxylic acids is 1. The molecule has 0 aliphatic heterocycles. The van der Waals surface area contributed by atoms with E-state index in [2.05, 4.69) is 5.32 Å². The first kappa shape index (κ1) is 15.4. The van der Waals surface area contributed by atoms with Gasteiger partial charge in [0, 0.05) is 26.2 Å². The number of nitrogens with zero attached hydrogens (tertiary/aromatic N) is 1. The minimum Gasteiger partial charge on any atom is -0.395 e. The third-order valence-corrected chi connectivity index (χ3v) is 3.44. The average Bonchev–Trinajstić information content (AvgIpc) is 2.41. The number of aliphatic hydroxyl groups excluding tert-OH is 1. The number of hydrogen-bond donors (Lipinski definition) is 2. The fourth-order valence-corrected chi connectivity index (χ4v) is 2.48. The second-order valence-corrected chi connectivity index (χ2v) is 4.77. The third-order valence-electron chi connectivity index (χ3n) is 3.44. The Morgan fingerprint density at radius 1 is 1.39 bits per heavy atom. The molecular formula is C13H26N2O3. The van der Waals surface area contributed by atoms with Gasteiger partial charge < -0.3 is 20.1 Å². The van der Waals surface area contributed by atoms with E-state index in [-0.39, 0.29) is 12.5 Å². The molecule has 0 aromatic rings. The van der Waals surface area contributed by atoms with Crippen molar-refractivity contribution in [2.45, 2.75) is 38.1 Å². The maximum Gasteiger partial charge on any atom is 0.236 e. The smallest absolute Gasteiger partial charge is 0.236 e. The number of methoxy groups -OCH3 is 1. The van der Waals surface area contributed by atoms with Gasteiger partial charge >= 0.3 is 0 Å². The molecule has 2 N–H and O–H groups in total. The highest BCUT2D eigenvalue weighted by Crippen LogP contribution is 2.22. The van der Waals surface area contributed by atoms with Gasteiger partial charge in [0.05, 0.1) is 19.8 Å². The topological polar surface area (TPSA) is 61.8 Å². The Morgan fingerprint density at radius 2 is 2.11 bits per heavy atom. The second-order valence-electron chi connectivity index (χ2n) is 4.77. The fourth-order valence-electron chi connectivity index (χ4n) is 2.48. The Labute approximate surface area is 109 Å². The molecule has 1 aliphatic carbocycles. The molecule has 1 rings (SSSR count). The molecule has 5 heteroatoms. The molecule has 0 heterocycles. The summed E-state index contributed by atoms with van der Waals surface area (Å²) >= 11 is 0. The van der Waals surface area contributed by atoms with Crippen molar-refractivity contribution in [2.75, 3.05) is 40.0 Å². The predicted octanol–water partition coefficient (Wildman–Crippen LogP) is 0.376. The summed E-state index contributed by atoms with van der Waals surface area (Å²) in [5.41, 5.74) is 0. The van der Waals surface area contributed by atoms with Crippen LogP contribution in [0.25, 0.3) is 0 Å². The van der Waals surface area contributed by atoms with Gasteiger partial charge in [0.1, 0.15) is 0 Å². The number of rotatable bonds is 8. The highest BCUT2D eigenvalue weighted by atomic mass is 16.5. The lowest BCUT2D eigenvalue weighted by Gasteiger charge is -2.34. The number of amides is 1. The molecule has 5 nitrogen and oxygen atoms in total. The minimum absolute atomic E-state index is 0.0420. The lowest BCUT2D eigenvalue weighted by Crippen LogP contribution is -2.47. The number of aliphatic hydroxyl groups is 1. The van der Waals surface area contributed by atoms with Crippen LogP contribution in [0.15, 0.2) is 0 Å². The number of ether oxygens (including phenoxy) is 1. The Bertz CT molecular complexity index is 230. The van der Waals surface area contributed by atoms with Gasteiger partial charge in [-0.3, -0.25) is 4.79 Å². The molecule has 0 saturated heterocycles. The van der Waals surface area contributed by atoms with E-state index in [1.165, 1.54) is 19.3 Å². The maximum absolute atomic E-state index is 12.1. The summed E-state index contributed by atoms with van der Waals surface area (Å²) in [6, 6.07) is 0.322. The van der Waals surface area contributed by atoms with Crippen LogP contribution in [-0.2, 0) is 9.53 Å². The van der Waals surface area contributed by atoms with Gasteiger partial charge in [-0.05, 0) is 12.8 Å². The van der Waals surface area contributed by atoms with E-state index in [0.717, 1.165) is 12.8 Å². The Balaban J connectivity index is 2.36. The van der Waals surface area contributed by atoms with Crippen molar-refractivity contribution in [2.24, 2.45) is 0 Å². The number of carbonyl (C=O) groups is 1. The average molecular weight is 258 g/mol. The van der Waals surface area contributed by atoms with Crippen molar-refractivity contribution in [3.8, 4) is 0 Å². The first-order valence-corrected chi connectivity index (χ1v) is 6.89. The predicted molar refractivity (Wildman–Crippen MR) is 70.4 cm³/mol. The van der Waals surface area contributed by atoms with Crippen molar-refractivity contribution in [3.63, 3.8) is 0 Å². The number of nitrogens with one attached hydrogen (secondary N) is 1. The summed E-state index contributed by atoms with van der Waals surface area (Å²) in [6.07, 6.45) is 5.80. The minimum atomic E-state index is 0.0420. The molecule has 1 amide bonds. The molecule has 0 spiro atoms. The quantitative estimate of drug-likeness (QED) is 0.618. The molecule has 1 fully saturated rings. The fraction of sp³-hybridized carbons (Fsp3) is 0.923. The van der Waals surface area contributed by atoms with Gasteiger partial charge in [-0.15, -0.1) is 0 Å². The van der Waals surface area contributed by atoms with Gasteiger partial charge in [0.15, 0.2) is 0 Å². The SMILES string of the molecule is COCCNCC(=O)N(CCO)C1CCCCC1. The zero-order chi connectivity index (χ0) is 13.2. The highest BCUT2D eigenvalue weighted by Gasteiger charge is 2.24. The molecule has 106 valence electrons. The van der Waals surface area contributed by atoms with E-state index >= 15 is 0 Å². The summed E-state index contributed by atoms with van der Waals surface area (Å²) in [4.78, 5) is 14.0. The van der Waals surface area contributed by atoms with Crippen molar-refractivity contribution in [3.05, 3.63) is 0 Å². The zero-order valence-electron chi connectivity index (χ0n) is 11.4. The molecule has 0 atom stereocenters. The van der Waals surface area contributed by atoms with Crippen LogP contribution < -0.4 is 5.32 Å². The van der Waals surface area contributed by atoms with Gasteiger partial charge in [-0.2, -0.15) is 0 Å². The van der Waals surface area contributed by atoms with Crippen LogP contribution in [0.3, 0.4) is 0 Å². The Hall–Kier alpha value is -0.650. The summed E-state index contributed by atoms with van der Waals surface area (Å²) in [5, 5.41) is 12.2. The van der Waals surface area contributed by atoms with Gasteiger partial charge in [-0.1, -0.05) is 19.3 Å². The summed E-state index contributed by atoms with van der Waals surface area (Å²) in [7, 11) is 1.64. The lowest BCUT2D eigenvalue weighted by atomic mass is 9.94. The van der Waals surface area contributed by atoms with E-state index in [1.54, 1.807) is 7.11 Å². The molecule has 0 bridgehead atoms. The summed E-state index contributed by atoms with van der Waals surface area (Å²) in [5.74, 6) is 0.0899. The van der Waals surface area contributed by atoms with Crippen molar-refractivity contribution >= 4 is 5.91 Å².